The first-order valence-corrected chi connectivity index (χ1v) is 6.09. The van der Waals surface area contributed by atoms with E-state index in [1.54, 1.807) is 18.2 Å². The highest BCUT2D eigenvalue weighted by atomic mass is 19.1. The largest absolute Gasteiger partial charge is 0.493 e. The molecule has 0 heterocycles. The molecule has 0 saturated heterocycles. The fourth-order valence-corrected chi connectivity index (χ4v) is 1.81. The standard InChI is InChI=1S/C15H15F2NO/c16-12-8-11(9-13(17)10-12)14-4-1-2-5-15(14)19-7-3-6-18/h1-2,4-5,8-10H,3,6-7,18H2. The second-order valence-corrected chi connectivity index (χ2v) is 4.14. The van der Waals surface area contributed by atoms with Gasteiger partial charge in [-0.25, -0.2) is 8.78 Å². The minimum atomic E-state index is -0.605. The number of benzene rings is 2. The lowest BCUT2D eigenvalue weighted by Gasteiger charge is -2.11. The summed E-state index contributed by atoms with van der Waals surface area (Å²) in [6.07, 6.45) is 0.728. The average Bonchev–Trinajstić information content (AvgIpc) is 2.38. The molecule has 0 amide bonds. The third kappa shape index (κ3) is 3.51. The van der Waals surface area contributed by atoms with Crippen molar-refractivity contribution in [3.05, 3.63) is 54.1 Å². The van der Waals surface area contributed by atoms with E-state index in [4.69, 9.17) is 10.5 Å². The van der Waals surface area contributed by atoms with Crippen LogP contribution in [0.3, 0.4) is 0 Å². The molecule has 100 valence electrons. The summed E-state index contributed by atoms with van der Waals surface area (Å²) >= 11 is 0. The Morgan fingerprint density at radius 3 is 2.37 bits per heavy atom. The summed E-state index contributed by atoms with van der Waals surface area (Å²) in [6, 6.07) is 10.6. The van der Waals surface area contributed by atoms with E-state index in [1.807, 2.05) is 6.07 Å². The van der Waals surface area contributed by atoms with E-state index in [0.717, 1.165) is 12.5 Å². The Kier molecular flexibility index (Phi) is 4.47. The lowest BCUT2D eigenvalue weighted by molar-refractivity contribution is 0.314. The topological polar surface area (TPSA) is 35.2 Å². The molecule has 2 N–H and O–H groups in total. The number of halogens is 2. The maximum atomic E-state index is 13.3. The lowest BCUT2D eigenvalue weighted by Crippen LogP contribution is -2.06. The second kappa shape index (κ2) is 6.29. The Bertz CT molecular complexity index is 537. The first-order chi connectivity index (χ1) is 9.20. The number of rotatable bonds is 5. The molecular formula is C15H15F2NO. The van der Waals surface area contributed by atoms with Gasteiger partial charge in [0.15, 0.2) is 0 Å². The summed E-state index contributed by atoms with van der Waals surface area (Å²) in [7, 11) is 0. The number of hydrogen-bond acceptors (Lipinski definition) is 2. The van der Waals surface area contributed by atoms with Crippen molar-refractivity contribution in [3.63, 3.8) is 0 Å². The van der Waals surface area contributed by atoms with Crippen LogP contribution in [0.2, 0.25) is 0 Å². The molecule has 2 rings (SSSR count). The van der Waals surface area contributed by atoms with Gasteiger partial charge in [-0.2, -0.15) is 0 Å². The fourth-order valence-electron chi connectivity index (χ4n) is 1.81. The first kappa shape index (κ1) is 13.5. The molecule has 0 aliphatic heterocycles. The summed E-state index contributed by atoms with van der Waals surface area (Å²) in [5.41, 5.74) is 6.53. The highest BCUT2D eigenvalue weighted by Crippen LogP contribution is 2.30. The normalized spacial score (nSPS) is 10.5. The summed E-state index contributed by atoms with van der Waals surface area (Å²) in [4.78, 5) is 0. The SMILES string of the molecule is NCCCOc1ccccc1-c1cc(F)cc(F)c1. The van der Waals surface area contributed by atoms with Gasteiger partial charge in [0, 0.05) is 11.6 Å². The zero-order valence-electron chi connectivity index (χ0n) is 10.4. The van der Waals surface area contributed by atoms with Crippen LogP contribution >= 0.6 is 0 Å². The second-order valence-electron chi connectivity index (χ2n) is 4.14. The van der Waals surface area contributed by atoms with Gasteiger partial charge in [-0.1, -0.05) is 18.2 Å². The van der Waals surface area contributed by atoms with Crippen molar-refractivity contribution < 1.29 is 13.5 Å². The zero-order valence-corrected chi connectivity index (χ0v) is 10.4. The maximum Gasteiger partial charge on any atom is 0.127 e. The molecule has 4 heteroatoms. The van der Waals surface area contributed by atoms with Gasteiger partial charge in [0.2, 0.25) is 0 Å². The van der Waals surface area contributed by atoms with E-state index in [1.165, 1.54) is 12.1 Å². The highest BCUT2D eigenvalue weighted by Gasteiger charge is 2.08. The molecular weight excluding hydrogens is 248 g/mol. The van der Waals surface area contributed by atoms with Gasteiger partial charge in [0.1, 0.15) is 17.4 Å². The Morgan fingerprint density at radius 1 is 1.00 bits per heavy atom. The van der Waals surface area contributed by atoms with Crippen LogP contribution in [0.1, 0.15) is 6.42 Å². The molecule has 0 aromatic heterocycles. The molecule has 0 saturated carbocycles. The van der Waals surface area contributed by atoms with Crippen molar-refractivity contribution in [3.8, 4) is 16.9 Å². The molecule has 0 fully saturated rings. The Balaban J connectivity index is 2.32. The molecule has 19 heavy (non-hydrogen) atoms. The van der Waals surface area contributed by atoms with E-state index < -0.39 is 11.6 Å². The smallest absolute Gasteiger partial charge is 0.127 e. The average molecular weight is 263 g/mol. The highest BCUT2D eigenvalue weighted by molar-refractivity contribution is 5.70. The van der Waals surface area contributed by atoms with Crippen molar-refractivity contribution in [2.24, 2.45) is 5.73 Å². The predicted molar refractivity (Wildman–Crippen MR) is 71.0 cm³/mol. The maximum absolute atomic E-state index is 13.3. The molecule has 0 radical (unpaired) electrons. The molecule has 0 spiro atoms. The zero-order chi connectivity index (χ0) is 13.7. The van der Waals surface area contributed by atoms with E-state index in [-0.39, 0.29) is 0 Å². The Hall–Kier alpha value is -1.94. The van der Waals surface area contributed by atoms with Gasteiger partial charge in [-0.15, -0.1) is 0 Å². The van der Waals surface area contributed by atoms with Gasteiger partial charge < -0.3 is 10.5 Å². The molecule has 0 bridgehead atoms. The molecule has 2 aromatic rings. The third-order valence-electron chi connectivity index (χ3n) is 2.67. The van der Waals surface area contributed by atoms with Crippen molar-refractivity contribution >= 4 is 0 Å². The quantitative estimate of drug-likeness (QED) is 0.839. The van der Waals surface area contributed by atoms with Crippen LogP contribution in [0.25, 0.3) is 11.1 Å². The van der Waals surface area contributed by atoms with Crippen LogP contribution in [0.15, 0.2) is 42.5 Å². The van der Waals surface area contributed by atoms with Crippen molar-refractivity contribution in [2.75, 3.05) is 13.2 Å². The van der Waals surface area contributed by atoms with Crippen LogP contribution in [-0.2, 0) is 0 Å². The summed E-state index contributed by atoms with van der Waals surface area (Å²) < 4.78 is 32.1. The van der Waals surface area contributed by atoms with Crippen molar-refractivity contribution in [1.82, 2.24) is 0 Å². The van der Waals surface area contributed by atoms with Crippen LogP contribution in [-0.4, -0.2) is 13.2 Å². The summed E-state index contributed by atoms with van der Waals surface area (Å²) in [5, 5.41) is 0. The van der Waals surface area contributed by atoms with E-state index in [0.29, 0.717) is 30.0 Å². The minimum absolute atomic E-state index is 0.459. The van der Waals surface area contributed by atoms with Gasteiger partial charge in [0.05, 0.1) is 6.61 Å². The molecule has 0 unspecified atom stereocenters. The van der Waals surface area contributed by atoms with Crippen LogP contribution in [0.5, 0.6) is 5.75 Å². The van der Waals surface area contributed by atoms with Gasteiger partial charge >= 0.3 is 0 Å². The minimum Gasteiger partial charge on any atom is -0.493 e. The molecule has 2 aromatic carbocycles. The first-order valence-electron chi connectivity index (χ1n) is 6.09. The third-order valence-corrected chi connectivity index (χ3v) is 2.67. The number of ether oxygens (including phenoxy) is 1. The van der Waals surface area contributed by atoms with Crippen molar-refractivity contribution in [2.45, 2.75) is 6.42 Å². The van der Waals surface area contributed by atoms with Crippen LogP contribution < -0.4 is 10.5 Å². The number of para-hydroxylation sites is 1. The molecule has 0 aliphatic carbocycles. The predicted octanol–water partition coefficient (Wildman–Crippen LogP) is 3.36. The van der Waals surface area contributed by atoms with Gasteiger partial charge in [-0.05, 0) is 36.7 Å². The number of hydrogen-bond donors (Lipinski definition) is 1. The van der Waals surface area contributed by atoms with E-state index in [2.05, 4.69) is 0 Å². The Labute approximate surface area is 110 Å². The van der Waals surface area contributed by atoms with E-state index in [9.17, 15) is 8.78 Å². The van der Waals surface area contributed by atoms with Crippen molar-refractivity contribution in [1.29, 1.82) is 0 Å². The fraction of sp³-hybridized carbons (Fsp3) is 0.200. The summed E-state index contributed by atoms with van der Waals surface area (Å²) in [6.45, 7) is 1.02. The van der Waals surface area contributed by atoms with E-state index >= 15 is 0 Å². The lowest BCUT2D eigenvalue weighted by atomic mass is 10.0. The molecule has 2 nitrogen and oxygen atoms in total. The van der Waals surface area contributed by atoms with Gasteiger partial charge in [-0.3, -0.25) is 0 Å². The van der Waals surface area contributed by atoms with Gasteiger partial charge in [0.25, 0.3) is 0 Å². The number of nitrogens with two attached hydrogens (primary N) is 1. The molecule has 0 atom stereocenters. The Morgan fingerprint density at radius 2 is 1.68 bits per heavy atom. The summed E-state index contributed by atoms with van der Waals surface area (Å²) in [5.74, 6) is -0.612. The monoisotopic (exact) mass is 263 g/mol. The van der Waals surface area contributed by atoms with Crippen LogP contribution in [0, 0.1) is 11.6 Å². The molecule has 0 aliphatic rings. The van der Waals surface area contributed by atoms with Crippen LogP contribution in [0.4, 0.5) is 8.78 Å².